The second-order valence-corrected chi connectivity index (χ2v) is 8.27. The third kappa shape index (κ3) is 5.28. The van der Waals surface area contributed by atoms with E-state index in [0.717, 1.165) is 12.2 Å². The minimum absolute atomic E-state index is 0.00485. The molecular weight excluding hydrogens is 402 g/mol. The Kier molecular flexibility index (Phi) is 7.04. The van der Waals surface area contributed by atoms with Crippen molar-refractivity contribution in [2.45, 2.75) is 45.3 Å². The number of anilines is 1. The lowest BCUT2D eigenvalue weighted by Crippen LogP contribution is -2.44. The highest BCUT2D eigenvalue weighted by Gasteiger charge is 2.31. The van der Waals surface area contributed by atoms with Gasteiger partial charge in [-0.2, -0.15) is 0 Å². The van der Waals surface area contributed by atoms with Gasteiger partial charge in [0.05, 0.1) is 6.04 Å². The van der Waals surface area contributed by atoms with Crippen molar-refractivity contribution in [1.29, 1.82) is 0 Å². The monoisotopic (exact) mass is 433 g/mol. The number of guanidine groups is 1. The number of hydrogen-bond donors (Lipinski definition) is 2. The first-order valence-electron chi connectivity index (χ1n) is 11.4. The molecular formula is C25H31N5O2. The van der Waals surface area contributed by atoms with Crippen LogP contribution in [0.5, 0.6) is 0 Å². The molecule has 0 spiro atoms. The van der Waals surface area contributed by atoms with Gasteiger partial charge >= 0.3 is 0 Å². The van der Waals surface area contributed by atoms with Gasteiger partial charge in [0, 0.05) is 51.3 Å². The Labute approximate surface area is 189 Å². The summed E-state index contributed by atoms with van der Waals surface area (Å²) in [5.74, 6) is 0.984. The minimum atomic E-state index is 0.00485. The zero-order chi connectivity index (χ0) is 22.3. The van der Waals surface area contributed by atoms with Gasteiger partial charge in [0.25, 0.3) is 0 Å². The Hall–Kier alpha value is -3.35. The first-order chi connectivity index (χ1) is 15.6. The molecule has 2 heterocycles. The molecule has 2 aromatic carbocycles. The van der Waals surface area contributed by atoms with Gasteiger partial charge in [-0.25, -0.2) is 0 Å². The number of nitrogens with one attached hydrogen (secondary N) is 2. The van der Waals surface area contributed by atoms with E-state index in [1.54, 1.807) is 0 Å². The van der Waals surface area contributed by atoms with E-state index < -0.39 is 0 Å². The van der Waals surface area contributed by atoms with E-state index >= 15 is 0 Å². The van der Waals surface area contributed by atoms with Crippen LogP contribution in [0.4, 0.5) is 5.69 Å². The molecule has 2 N–H and O–H groups in total. The third-order valence-electron chi connectivity index (χ3n) is 5.89. The SMILES string of the molecule is CCNC(=NCCCC(=O)N1Cc2ccccc2C1)NC1CC(=O)N(c2ccccc2)C1. The average molecular weight is 434 g/mol. The summed E-state index contributed by atoms with van der Waals surface area (Å²) in [6.45, 7) is 5.33. The van der Waals surface area contributed by atoms with Crippen molar-refractivity contribution in [2.24, 2.45) is 4.99 Å². The van der Waals surface area contributed by atoms with Crippen molar-refractivity contribution in [3.05, 3.63) is 65.7 Å². The normalized spacial score (nSPS) is 18.1. The van der Waals surface area contributed by atoms with E-state index in [9.17, 15) is 9.59 Å². The van der Waals surface area contributed by atoms with Crippen LogP contribution in [0.25, 0.3) is 0 Å². The van der Waals surface area contributed by atoms with Gasteiger partial charge in [-0.1, -0.05) is 42.5 Å². The number of benzene rings is 2. The highest BCUT2D eigenvalue weighted by Crippen LogP contribution is 2.23. The van der Waals surface area contributed by atoms with Gasteiger partial charge in [0.2, 0.25) is 11.8 Å². The summed E-state index contributed by atoms with van der Waals surface area (Å²) in [7, 11) is 0. The Morgan fingerprint density at radius 3 is 2.44 bits per heavy atom. The number of rotatable bonds is 7. The van der Waals surface area contributed by atoms with Crippen molar-refractivity contribution >= 4 is 23.5 Å². The van der Waals surface area contributed by atoms with Gasteiger partial charge in [0.15, 0.2) is 5.96 Å². The lowest BCUT2D eigenvalue weighted by atomic mass is 10.1. The van der Waals surface area contributed by atoms with E-state index in [2.05, 4.69) is 27.8 Å². The van der Waals surface area contributed by atoms with Crippen molar-refractivity contribution < 1.29 is 9.59 Å². The predicted octanol–water partition coefficient (Wildman–Crippen LogP) is 2.67. The average Bonchev–Trinajstić information content (AvgIpc) is 3.40. The molecule has 0 bridgehead atoms. The van der Waals surface area contributed by atoms with E-state index in [0.29, 0.717) is 51.4 Å². The van der Waals surface area contributed by atoms with Gasteiger partial charge in [0.1, 0.15) is 0 Å². The van der Waals surface area contributed by atoms with Crippen LogP contribution in [-0.4, -0.2) is 48.3 Å². The molecule has 2 aliphatic heterocycles. The maximum absolute atomic E-state index is 12.6. The molecule has 7 nitrogen and oxygen atoms in total. The van der Waals surface area contributed by atoms with Crippen LogP contribution in [0.15, 0.2) is 59.6 Å². The summed E-state index contributed by atoms with van der Waals surface area (Å²) in [4.78, 5) is 33.4. The molecule has 2 aromatic rings. The third-order valence-corrected chi connectivity index (χ3v) is 5.89. The van der Waals surface area contributed by atoms with E-state index in [-0.39, 0.29) is 17.9 Å². The van der Waals surface area contributed by atoms with Crippen LogP contribution in [0.1, 0.15) is 37.3 Å². The van der Waals surface area contributed by atoms with Crippen molar-refractivity contribution in [2.75, 3.05) is 24.5 Å². The fourth-order valence-corrected chi connectivity index (χ4v) is 4.26. The van der Waals surface area contributed by atoms with Crippen LogP contribution >= 0.6 is 0 Å². The van der Waals surface area contributed by atoms with E-state index in [4.69, 9.17) is 0 Å². The smallest absolute Gasteiger partial charge is 0.229 e. The second-order valence-electron chi connectivity index (χ2n) is 8.27. The van der Waals surface area contributed by atoms with Crippen LogP contribution in [0.3, 0.4) is 0 Å². The molecule has 0 aromatic heterocycles. The van der Waals surface area contributed by atoms with Crippen LogP contribution in [0, 0.1) is 0 Å². The highest BCUT2D eigenvalue weighted by molar-refractivity contribution is 5.97. The summed E-state index contributed by atoms with van der Waals surface area (Å²) in [6.07, 6.45) is 1.62. The molecule has 1 atom stereocenters. The Balaban J connectivity index is 1.25. The number of aliphatic imine (C=N–C) groups is 1. The topological polar surface area (TPSA) is 77.0 Å². The van der Waals surface area contributed by atoms with Gasteiger partial charge in [-0.15, -0.1) is 0 Å². The summed E-state index contributed by atoms with van der Waals surface area (Å²) in [5.41, 5.74) is 3.41. The first-order valence-corrected chi connectivity index (χ1v) is 11.4. The number of fused-ring (bicyclic) bond motifs is 1. The molecule has 1 unspecified atom stereocenters. The van der Waals surface area contributed by atoms with E-state index in [1.807, 2.05) is 59.2 Å². The number of nitrogens with zero attached hydrogens (tertiary/aromatic N) is 3. The standard InChI is InChI=1S/C25H31N5O2/c1-2-26-25(28-21-15-24(32)30(18-21)22-11-4-3-5-12-22)27-14-8-13-23(31)29-16-19-9-6-7-10-20(19)17-29/h3-7,9-12,21H,2,8,13-18H2,1H3,(H2,26,27,28). The Morgan fingerprint density at radius 1 is 1.06 bits per heavy atom. The molecule has 32 heavy (non-hydrogen) atoms. The summed E-state index contributed by atoms with van der Waals surface area (Å²) >= 11 is 0. The lowest BCUT2D eigenvalue weighted by molar-refractivity contribution is -0.131. The van der Waals surface area contributed by atoms with Crippen molar-refractivity contribution in [3.63, 3.8) is 0 Å². The van der Waals surface area contributed by atoms with Crippen LogP contribution in [-0.2, 0) is 22.7 Å². The molecule has 2 amide bonds. The maximum Gasteiger partial charge on any atom is 0.229 e. The Bertz CT molecular complexity index is 950. The van der Waals surface area contributed by atoms with Crippen molar-refractivity contribution in [1.82, 2.24) is 15.5 Å². The van der Waals surface area contributed by atoms with Crippen LogP contribution in [0.2, 0.25) is 0 Å². The molecule has 4 rings (SSSR count). The van der Waals surface area contributed by atoms with Gasteiger partial charge in [-0.3, -0.25) is 14.6 Å². The Morgan fingerprint density at radius 2 is 1.75 bits per heavy atom. The molecule has 7 heteroatoms. The molecule has 2 aliphatic rings. The zero-order valence-electron chi connectivity index (χ0n) is 18.6. The number of hydrogen-bond acceptors (Lipinski definition) is 3. The van der Waals surface area contributed by atoms with Gasteiger partial charge < -0.3 is 20.4 Å². The summed E-state index contributed by atoms with van der Waals surface area (Å²) in [5, 5.41) is 6.63. The largest absolute Gasteiger partial charge is 0.357 e. The molecule has 0 saturated carbocycles. The molecule has 0 radical (unpaired) electrons. The second kappa shape index (κ2) is 10.3. The molecule has 168 valence electrons. The molecule has 1 saturated heterocycles. The lowest BCUT2D eigenvalue weighted by Gasteiger charge is -2.19. The zero-order valence-corrected chi connectivity index (χ0v) is 18.6. The van der Waals surface area contributed by atoms with Crippen LogP contribution < -0.4 is 15.5 Å². The highest BCUT2D eigenvalue weighted by atomic mass is 16.2. The number of amides is 2. The van der Waals surface area contributed by atoms with Gasteiger partial charge in [-0.05, 0) is 36.6 Å². The summed E-state index contributed by atoms with van der Waals surface area (Å²) in [6, 6.07) is 18.0. The summed E-state index contributed by atoms with van der Waals surface area (Å²) < 4.78 is 0. The number of carbonyl (C=O) groups excluding carboxylic acids is 2. The molecule has 0 aliphatic carbocycles. The minimum Gasteiger partial charge on any atom is -0.357 e. The molecule has 1 fully saturated rings. The predicted molar refractivity (Wildman–Crippen MR) is 126 cm³/mol. The number of carbonyl (C=O) groups is 2. The first kappa shape index (κ1) is 21.9. The maximum atomic E-state index is 12.6. The van der Waals surface area contributed by atoms with Crippen molar-refractivity contribution in [3.8, 4) is 0 Å². The fraction of sp³-hybridized carbons (Fsp3) is 0.400. The number of para-hydroxylation sites is 1. The van der Waals surface area contributed by atoms with E-state index in [1.165, 1.54) is 11.1 Å². The fourth-order valence-electron chi connectivity index (χ4n) is 4.26. The quantitative estimate of drug-likeness (QED) is 0.400.